The molecular weight excluding hydrogens is 252 g/mol. The molecule has 100 valence electrons. The van der Waals surface area contributed by atoms with E-state index in [2.05, 4.69) is 4.90 Å². The highest BCUT2D eigenvalue weighted by Crippen LogP contribution is 2.30. The number of ether oxygens (including phenoxy) is 2. The number of nitrogens with zero attached hydrogens (tertiary/aromatic N) is 1. The fourth-order valence-electron chi connectivity index (χ4n) is 2.27. The van der Waals surface area contributed by atoms with Crippen molar-refractivity contribution in [1.82, 2.24) is 4.90 Å². The van der Waals surface area contributed by atoms with Gasteiger partial charge in [0.25, 0.3) is 0 Å². The second kappa shape index (κ2) is 6.38. The minimum Gasteiger partial charge on any atom is -0.497 e. The highest BCUT2D eigenvalue weighted by Gasteiger charge is 2.23. The normalized spacial score (nSPS) is 18.6. The molecule has 1 unspecified atom stereocenters. The maximum absolute atomic E-state index is 6.31. The van der Waals surface area contributed by atoms with E-state index in [9.17, 15) is 0 Å². The Morgan fingerprint density at radius 1 is 1.44 bits per heavy atom. The lowest BCUT2D eigenvalue weighted by atomic mass is 10.0. The van der Waals surface area contributed by atoms with Crippen LogP contribution in [0.25, 0.3) is 0 Å². The summed E-state index contributed by atoms with van der Waals surface area (Å²) in [5, 5.41) is 0.705. The molecule has 1 aliphatic heterocycles. The van der Waals surface area contributed by atoms with Crippen molar-refractivity contribution in [2.75, 3.05) is 40.0 Å². The molecule has 18 heavy (non-hydrogen) atoms. The van der Waals surface area contributed by atoms with E-state index in [1.165, 1.54) is 0 Å². The van der Waals surface area contributed by atoms with Crippen LogP contribution in [-0.2, 0) is 4.74 Å². The Kier molecular flexibility index (Phi) is 4.83. The van der Waals surface area contributed by atoms with Crippen LogP contribution in [0.1, 0.15) is 11.6 Å². The molecule has 1 heterocycles. The van der Waals surface area contributed by atoms with Crippen LogP contribution in [0, 0.1) is 0 Å². The average Bonchev–Trinajstić information content (AvgIpc) is 2.42. The van der Waals surface area contributed by atoms with Crippen LogP contribution in [0.15, 0.2) is 18.2 Å². The molecule has 5 heteroatoms. The van der Waals surface area contributed by atoms with Crippen molar-refractivity contribution < 1.29 is 9.47 Å². The summed E-state index contributed by atoms with van der Waals surface area (Å²) in [5.41, 5.74) is 6.96. The van der Waals surface area contributed by atoms with Crippen molar-refractivity contribution in [3.05, 3.63) is 28.8 Å². The first kappa shape index (κ1) is 13.6. The van der Waals surface area contributed by atoms with E-state index in [-0.39, 0.29) is 6.04 Å². The fraction of sp³-hybridized carbons (Fsp3) is 0.538. The molecule has 0 aromatic heterocycles. The highest BCUT2D eigenvalue weighted by molar-refractivity contribution is 6.31. The first-order valence-corrected chi connectivity index (χ1v) is 6.49. The van der Waals surface area contributed by atoms with Crippen LogP contribution < -0.4 is 10.5 Å². The van der Waals surface area contributed by atoms with Gasteiger partial charge in [0.05, 0.1) is 20.3 Å². The Bertz CT molecular complexity index is 395. The summed E-state index contributed by atoms with van der Waals surface area (Å²) in [6.07, 6.45) is 0. The van der Waals surface area contributed by atoms with E-state index in [1.807, 2.05) is 18.2 Å². The molecule has 1 aliphatic rings. The number of methoxy groups -OCH3 is 1. The molecule has 0 amide bonds. The Morgan fingerprint density at radius 2 is 2.17 bits per heavy atom. The Labute approximate surface area is 113 Å². The SMILES string of the molecule is COc1ccc(C(CN)N2CCOCC2)c(Cl)c1. The van der Waals surface area contributed by atoms with E-state index >= 15 is 0 Å². The summed E-state index contributed by atoms with van der Waals surface area (Å²) < 4.78 is 10.5. The van der Waals surface area contributed by atoms with Gasteiger partial charge in [-0.05, 0) is 17.7 Å². The van der Waals surface area contributed by atoms with Crippen LogP contribution in [-0.4, -0.2) is 44.9 Å². The maximum Gasteiger partial charge on any atom is 0.120 e. The number of nitrogens with two attached hydrogens (primary N) is 1. The Hall–Kier alpha value is -0.810. The van der Waals surface area contributed by atoms with Crippen molar-refractivity contribution in [1.29, 1.82) is 0 Å². The predicted octanol–water partition coefficient (Wildman–Crippen LogP) is 1.68. The number of halogens is 1. The summed E-state index contributed by atoms with van der Waals surface area (Å²) in [6, 6.07) is 5.89. The van der Waals surface area contributed by atoms with Gasteiger partial charge in [-0.3, -0.25) is 4.90 Å². The zero-order chi connectivity index (χ0) is 13.0. The third kappa shape index (κ3) is 2.95. The topological polar surface area (TPSA) is 47.7 Å². The summed E-state index contributed by atoms with van der Waals surface area (Å²) in [4.78, 5) is 2.32. The minimum atomic E-state index is 0.146. The molecule has 1 aromatic rings. The third-order valence-electron chi connectivity index (χ3n) is 3.28. The van der Waals surface area contributed by atoms with E-state index < -0.39 is 0 Å². The quantitative estimate of drug-likeness (QED) is 0.904. The molecule has 0 radical (unpaired) electrons. The third-order valence-corrected chi connectivity index (χ3v) is 3.60. The molecule has 1 saturated heterocycles. The number of hydrogen-bond acceptors (Lipinski definition) is 4. The fourth-order valence-corrected chi connectivity index (χ4v) is 2.56. The smallest absolute Gasteiger partial charge is 0.120 e. The van der Waals surface area contributed by atoms with Gasteiger partial charge in [-0.15, -0.1) is 0 Å². The molecule has 2 rings (SSSR count). The van der Waals surface area contributed by atoms with Crippen molar-refractivity contribution in [3.63, 3.8) is 0 Å². The average molecular weight is 271 g/mol. The number of morpholine rings is 1. The molecule has 4 nitrogen and oxygen atoms in total. The molecule has 2 N–H and O–H groups in total. The molecule has 0 saturated carbocycles. The van der Waals surface area contributed by atoms with Gasteiger partial charge in [-0.25, -0.2) is 0 Å². The molecule has 1 fully saturated rings. The molecular formula is C13H19ClN2O2. The van der Waals surface area contributed by atoms with Crippen molar-refractivity contribution >= 4 is 11.6 Å². The van der Waals surface area contributed by atoms with Gasteiger partial charge >= 0.3 is 0 Å². The van der Waals surface area contributed by atoms with Gasteiger partial charge in [0.2, 0.25) is 0 Å². The number of rotatable bonds is 4. The molecule has 0 aliphatic carbocycles. The van der Waals surface area contributed by atoms with E-state index in [1.54, 1.807) is 7.11 Å². The monoisotopic (exact) mass is 270 g/mol. The zero-order valence-corrected chi connectivity index (χ0v) is 11.3. The number of hydrogen-bond donors (Lipinski definition) is 1. The van der Waals surface area contributed by atoms with E-state index in [0.717, 1.165) is 37.6 Å². The summed E-state index contributed by atoms with van der Waals surface area (Å²) in [7, 11) is 1.63. The number of benzene rings is 1. The Balaban J connectivity index is 2.20. The van der Waals surface area contributed by atoms with Gasteiger partial charge in [0.1, 0.15) is 5.75 Å². The lowest BCUT2D eigenvalue weighted by Gasteiger charge is -2.34. The Morgan fingerprint density at radius 3 is 2.72 bits per heavy atom. The second-order valence-electron chi connectivity index (χ2n) is 4.29. The van der Waals surface area contributed by atoms with E-state index in [0.29, 0.717) is 11.6 Å². The van der Waals surface area contributed by atoms with Gasteiger partial charge in [0.15, 0.2) is 0 Å². The molecule has 0 spiro atoms. The van der Waals surface area contributed by atoms with Crippen molar-refractivity contribution in [3.8, 4) is 5.75 Å². The van der Waals surface area contributed by atoms with Gasteiger partial charge in [-0.1, -0.05) is 17.7 Å². The minimum absolute atomic E-state index is 0.146. The van der Waals surface area contributed by atoms with Crippen LogP contribution in [0.4, 0.5) is 0 Å². The van der Waals surface area contributed by atoms with E-state index in [4.69, 9.17) is 26.8 Å². The highest BCUT2D eigenvalue weighted by atomic mass is 35.5. The van der Waals surface area contributed by atoms with Crippen molar-refractivity contribution in [2.24, 2.45) is 5.73 Å². The molecule has 0 bridgehead atoms. The molecule has 1 atom stereocenters. The summed E-state index contributed by atoms with van der Waals surface area (Å²) >= 11 is 6.31. The van der Waals surface area contributed by atoms with Crippen molar-refractivity contribution in [2.45, 2.75) is 6.04 Å². The standard InChI is InChI=1S/C13H19ClN2O2/c1-17-10-2-3-11(12(14)8-10)13(9-15)16-4-6-18-7-5-16/h2-3,8,13H,4-7,9,15H2,1H3. The van der Waals surface area contributed by atoms with Gasteiger partial charge < -0.3 is 15.2 Å². The molecule has 1 aromatic carbocycles. The van der Waals surface area contributed by atoms with Crippen LogP contribution >= 0.6 is 11.6 Å². The zero-order valence-electron chi connectivity index (χ0n) is 10.6. The lowest BCUT2D eigenvalue weighted by Crippen LogP contribution is -2.41. The van der Waals surface area contributed by atoms with Crippen LogP contribution in [0.5, 0.6) is 5.75 Å². The second-order valence-corrected chi connectivity index (χ2v) is 4.69. The maximum atomic E-state index is 6.31. The predicted molar refractivity (Wildman–Crippen MR) is 72.2 cm³/mol. The van der Waals surface area contributed by atoms with Crippen LogP contribution in [0.3, 0.4) is 0 Å². The first-order chi connectivity index (χ1) is 8.76. The summed E-state index contributed by atoms with van der Waals surface area (Å²) in [6.45, 7) is 3.84. The van der Waals surface area contributed by atoms with Crippen LogP contribution in [0.2, 0.25) is 5.02 Å². The van der Waals surface area contributed by atoms with Gasteiger partial charge in [0, 0.05) is 30.7 Å². The summed E-state index contributed by atoms with van der Waals surface area (Å²) in [5.74, 6) is 0.765. The largest absolute Gasteiger partial charge is 0.497 e. The first-order valence-electron chi connectivity index (χ1n) is 6.11. The lowest BCUT2D eigenvalue weighted by molar-refractivity contribution is 0.0179. The van der Waals surface area contributed by atoms with Gasteiger partial charge in [-0.2, -0.15) is 0 Å².